The third-order valence-electron chi connectivity index (χ3n) is 4.68. The number of benzene rings is 2. The molecule has 1 amide bonds. The van der Waals surface area contributed by atoms with Gasteiger partial charge in [-0.15, -0.1) is 0 Å². The molecule has 2 aromatic carbocycles. The number of amides is 1. The zero-order valence-electron chi connectivity index (χ0n) is 16.6. The van der Waals surface area contributed by atoms with Crippen molar-refractivity contribution >= 4 is 31.5 Å². The number of sulfonamides is 1. The van der Waals surface area contributed by atoms with Crippen LogP contribution in [0.4, 0.5) is 10.1 Å². The standard InChI is InChI=1S/C20H23FN2O5S2/c1-14(2)13-29(25,26)19-11-23(12-19)20(24)15-5-3-7-17(9-15)22-30(27,28)18-8-4-6-16(21)10-18/h3-10,14,19,22H,11-13H2,1-2H3. The molecule has 0 spiro atoms. The lowest BCUT2D eigenvalue weighted by Gasteiger charge is -2.39. The lowest BCUT2D eigenvalue weighted by atomic mass is 10.1. The van der Waals surface area contributed by atoms with E-state index in [1.807, 2.05) is 13.8 Å². The first-order chi connectivity index (χ1) is 14.0. The number of nitrogens with one attached hydrogen (secondary N) is 1. The molecule has 10 heteroatoms. The Balaban J connectivity index is 1.70. The number of carbonyl (C=O) groups excluding carboxylic acids is 1. The van der Waals surface area contributed by atoms with Crippen molar-refractivity contribution in [2.45, 2.75) is 24.0 Å². The Morgan fingerprint density at radius 1 is 1.10 bits per heavy atom. The Morgan fingerprint density at radius 2 is 1.77 bits per heavy atom. The number of halogens is 1. The molecule has 0 saturated carbocycles. The molecule has 3 rings (SSSR count). The van der Waals surface area contributed by atoms with E-state index in [0.29, 0.717) is 0 Å². The predicted octanol–water partition coefficient (Wildman–Crippen LogP) is 2.52. The second kappa shape index (κ2) is 8.35. The number of carbonyl (C=O) groups is 1. The Labute approximate surface area is 175 Å². The van der Waals surface area contributed by atoms with Crippen molar-refractivity contribution < 1.29 is 26.0 Å². The van der Waals surface area contributed by atoms with E-state index in [1.165, 1.54) is 41.3 Å². The molecular formula is C20H23FN2O5S2. The van der Waals surface area contributed by atoms with Crippen LogP contribution in [-0.2, 0) is 19.9 Å². The highest BCUT2D eigenvalue weighted by atomic mass is 32.2. The van der Waals surface area contributed by atoms with Gasteiger partial charge in [0.15, 0.2) is 9.84 Å². The van der Waals surface area contributed by atoms with Crippen LogP contribution >= 0.6 is 0 Å². The molecule has 1 N–H and O–H groups in total. The van der Waals surface area contributed by atoms with Gasteiger partial charge in [0.25, 0.3) is 15.9 Å². The minimum atomic E-state index is -4.02. The molecule has 1 saturated heterocycles. The minimum absolute atomic E-state index is 0.0162. The van der Waals surface area contributed by atoms with Crippen molar-refractivity contribution in [3.05, 3.63) is 59.9 Å². The van der Waals surface area contributed by atoms with Gasteiger partial charge in [0.1, 0.15) is 5.82 Å². The average molecular weight is 455 g/mol. The summed E-state index contributed by atoms with van der Waals surface area (Å²) in [6.07, 6.45) is 0. The van der Waals surface area contributed by atoms with Crippen LogP contribution in [0, 0.1) is 11.7 Å². The van der Waals surface area contributed by atoms with Crippen molar-refractivity contribution in [1.82, 2.24) is 4.90 Å². The molecule has 0 aromatic heterocycles. The highest BCUT2D eigenvalue weighted by molar-refractivity contribution is 7.92. The van der Waals surface area contributed by atoms with Gasteiger partial charge in [-0.25, -0.2) is 21.2 Å². The van der Waals surface area contributed by atoms with E-state index in [2.05, 4.69) is 4.72 Å². The summed E-state index contributed by atoms with van der Waals surface area (Å²) in [6, 6.07) is 10.5. The van der Waals surface area contributed by atoms with Crippen LogP contribution in [0.25, 0.3) is 0 Å². The fraction of sp³-hybridized carbons (Fsp3) is 0.350. The first-order valence-corrected chi connectivity index (χ1v) is 12.6. The van der Waals surface area contributed by atoms with Crippen molar-refractivity contribution in [3.63, 3.8) is 0 Å². The van der Waals surface area contributed by atoms with E-state index in [1.54, 1.807) is 0 Å². The van der Waals surface area contributed by atoms with Gasteiger partial charge in [-0.1, -0.05) is 26.0 Å². The largest absolute Gasteiger partial charge is 0.336 e. The number of anilines is 1. The lowest BCUT2D eigenvalue weighted by molar-refractivity contribution is 0.0659. The molecule has 162 valence electrons. The zero-order chi connectivity index (χ0) is 22.1. The summed E-state index contributed by atoms with van der Waals surface area (Å²) in [6.45, 7) is 3.89. The summed E-state index contributed by atoms with van der Waals surface area (Å²) >= 11 is 0. The molecule has 0 bridgehead atoms. The second-order valence-corrected chi connectivity index (χ2v) is 11.7. The maximum Gasteiger partial charge on any atom is 0.261 e. The number of sulfone groups is 1. The van der Waals surface area contributed by atoms with Gasteiger partial charge in [-0.05, 0) is 42.3 Å². The smallest absolute Gasteiger partial charge is 0.261 e. The van der Waals surface area contributed by atoms with Crippen LogP contribution in [-0.4, -0.2) is 51.7 Å². The van der Waals surface area contributed by atoms with Crippen LogP contribution in [0.1, 0.15) is 24.2 Å². The maximum absolute atomic E-state index is 13.3. The van der Waals surface area contributed by atoms with Gasteiger partial charge in [0, 0.05) is 24.3 Å². The summed E-state index contributed by atoms with van der Waals surface area (Å²) in [4.78, 5) is 13.8. The van der Waals surface area contributed by atoms with Gasteiger partial charge in [-0.2, -0.15) is 0 Å². The Hall–Kier alpha value is -2.46. The number of hydrogen-bond donors (Lipinski definition) is 1. The molecule has 0 atom stereocenters. The SMILES string of the molecule is CC(C)CS(=O)(=O)C1CN(C(=O)c2cccc(NS(=O)(=O)c3cccc(F)c3)c2)C1. The van der Waals surface area contributed by atoms with Gasteiger partial charge in [-0.3, -0.25) is 9.52 Å². The second-order valence-electron chi connectivity index (χ2n) is 7.70. The third-order valence-corrected chi connectivity index (χ3v) is 8.50. The minimum Gasteiger partial charge on any atom is -0.336 e. The molecule has 0 radical (unpaired) electrons. The average Bonchev–Trinajstić information content (AvgIpc) is 2.58. The normalized spacial score (nSPS) is 15.1. The van der Waals surface area contributed by atoms with Gasteiger partial charge >= 0.3 is 0 Å². The van der Waals surface area contributed by atoms with Crippen LogP contribution < -0.4 is 4.72 Å². The van der Waals surface area contributed by atoms with Gasteiger partial charge in [0.2, 0.25) is 0 Å². The number of likely N-dealkylation sites (tertiary alicyclic amines) is 1. The van der Waals surface area contributed by atoms with Crippen LogP contribution in [0.15, 0.2) is 53.4 Å². The molecule has 2 aromatic rings. The topological polar surface area (TPSA) is 101 Å². The third kappa shape index (κ3) is 4.99. The van der Waals surface area contributed by atoms with Crippen LogP contribution in [0.2, 0.25) is 0 Å². The Morgan fingerprint density at radius 3 is 2.40 bits per heavy atom. The van der Waals surface area contributed by atoms with E-state index in [-0.39, 0.29) is 46.8 Å². The monoisotopic (exact) mass is 454 g/mol. The summed E-state index contributed by atoms with van der Waals surface area (Å²) in [5, 5.41) is -0.571. The quantitative estimate of drug-likeness (QED) is 0.693. The Bertz CT molecular complexity index is 1160. The van der Waals surface area contributed by atoms with E-state index in [0.717, 1.165) is 12.1 Å². The molecule has 1 heterocycles. The molecule has 1 aliphatic rings. The van der Waals surface area contributed by atoms with Crippen molar-refractivity contribution in [1.29, 1.82) is 0 Å². The van der Waals surface area contributed by atoms with Crippen molar-refractivity contribution in [2.75, 3.05) is 23.6 Å². The maximum atomic E-state index is 13.3. The first-order valence-electron chi connectivity index (χ1n) is 9.37. The molecule has 1 aliphatic heterocycles. The summed E-state index contributed by atoms with van der Waals surface area (Å²) in [5.74, 6) is -0.960. The zero-order valence-corrected chi connectivity index (χ0v) is 18.2. The molecule has 7 nitrogen and oxygen atoms in total. The molecular weight excluding hydrogens is 431 g/mol. The molecule has 1 fully saturated rings. The molecule has 0 unspecified atom stereocenters. The molecule has 30 heavy (non-hydrogen) atoms. The lowest BCUT2D eigenvalue weighted by Crippen LogP contribution is -2.57. The number of nitrogens with zero attached hydrogens (tertiary/aromatic N) is 1. The van der Waals surface area contributed by atoms with Gasteiger partial charge < -0.3 is 4.90 Å². The fourth-order valence-corrected chi connectivity index (χ4v) is 6.27. The first kappa shape index (κ1) is 22.2. The summed E-state index contributed by atoms with van der Waals surface area (Å²) < 4.78 is 65.1. The highest BCUT2D eigenvalue weighted by Gasteiger charge is 2.40. The van der Waals surface area contributed by atoms with Crippen molar-refractivity contribution in [2.24, 2.45) is 5.92 Å². The van der Waals surface area contributed by atoms with E-state index in [4.69, 9.17) is 0 Å². The molecule has 0 aliphatic carbocycles. The summed E-state index contributed by atoms with van der Waals surface area (Å²) in [5.41, 5.74) is 0.378. The Kier molecular flexibility index (Phi) is 6.19. The predicted molar refractivity (Wildman–Crippen MR) is 112 cm³/mol. The van der Waals surface area contributed by atoms with E-state index < -0.39 is 30.9 Å². The number of rotatable bonds is 7. The number of hydrogen-bond acceptors (Lipinski definition) is 5. The fourth-order valence-electron chi connectivity index (χ4n) is 3.18. The van der Waals surface area contributed by atoms with Crippen molar-refractivity contribution in [3.8, 4) is 0 Å². The van der Waals surface area contributed by atoms with Crippen LogP contribution in [0.3, 0.4) is 0 Å². The highest BCUT2D eigenvalue weighted by Crippen LogP contribution is 2.23. The van der Waals surface area contributed by atoms with E-state index in [9.17, 15) is 26.0 Å². The summed E-state index contributed by atoms with van der Waals surface area (Å²) in [7, 11) is -7.28. The van der Waals surface area contributed by atoms with Crippen LogP contribution in [0.5, 0.6) is 0 Å². The van der Waals surface area contributed by atoms with Gasteiger partial charge in [0.05, 0.1) is 15.9 Å². The van der Waals surface area contributed by atoms with E-state index >= 15 is 0 Å².